The van der Waals surface area contributed by atoms with Crippen LogP contribution in [0.2, 0.25) is 5.02 Å². The van der Waals surface area contributed by atoms with Crippen molar-refractivity contribution in [1.82, 2.24) is 19.9 Å². The summed E-state index contributed by atoms with van der Waals surface area (Å²) >= 11 is 6.49. The van der Waals surface area contributed by atoms with Crippen molar-refractivity contribution in [3.63, 3.8) is 0 Å². The number of hydrogen-bond donors (Lipinski definition) is 1. The fourth-order valence-corrected chi connectivity index (χ4v) is 3.64. The quantitative estimate of drug-likeness (QED) is 0.345. The number of benzene rings is 2. The van der Waals surface area contributed by atoms with E-state index in [-0.39, 0.29) is 5.91 Å². The summed E-state index contributed by atoms with van der Waals surface area (Å²) in [6.07, 6.45) is 1.49. The zero-order chi connectivity index (χ0) is 24.8. The first-order chi connectivity index (χ1) is 16.9. The number of aromatic nitrogens is 3. The topological polar surface area (TPSA) is 89.5 Å². The maximum Gasteiger partial charge on any atom is 0.219 e. The Morgan fingerprint density at radius 1 is 1.06 bits per heavy atom. The second kappa shape index (κ2) is 11.0. The van der Waals surface area contributed by atoms with Gasteiger partial charge in [-0.2, -0.15) is 0 Å². The van der Waals surface area contributed by atoms with Crippen molar-refractivity contribution in [2.45, 2.75) is 20.5 Å². The van der Waals surface area contributed by atoms with E-state index in [2.05, 4.69) is 20.3 Å². The monoisotopic (exact) mass is 491 g/mol. The van der Waals surface area contributed by atoms with Gasteiger partial charge in [0.05, 0.1) is 28.2 Å². The predicted octanol–water partition coefficient (Wildman–Crippen LogP) is 5.17. The van der Waals surface area contributed by atoms with Gasteiger partial charge in [-0.1, -0.05) is 23.7 Å². The van der Waals surface area contributed by atoms with Gasteiger partial charge in [0.25, 0.3) is 0 Å². The van der Waals surface area contributed by atoms with Gasteiger partial charge >= 0.3 is 0 Å². The van der Waals surface area contributed by atoms with E-state index >= 15 is 0 Å². The molecule has 4 rings (SSSR count). The predicted molar refractivity (Wildman–Crippen MR) is 136 cm³/mol. The zero-order valence-corrected chi connectivity index (χ0v) is 20.5. The summed E-state index contributed by atoms with van der Waals surface area (Å²) in [6.45, 7) is 4.60. The van der Waals surface area contributed by atoms with Crippen LogP contribution in [0.4, 0.5) is 11.5 Å². The average Bonchev–Trinajstić information content (AvgIpc) is 2.83. The second-order valence-electron chi connectivity index (χ2n) is 7.99. The van der Waals surface area contributed by atoms with Crippen LogP contribution < -0.4 is 14.8 Å². The number of fused-ring (bicyclic) bond motifs is 1. The van der Waals surface area contributed by atoms with Crippen LogP contribution in [0.3, 0.4) is 0 Å². The number of halogens is 1. The Bertz CT molecular complexity index is 1340. The van der Waals surface area contributed by atoms with Gasteiger partial charge in [0.1, 0.15) is 36.9 Å². The Morgan fingerprint density at radius 2 is 1.89 bits per heavy atom. The molecule has 0 fully saturated rings. The summed E-state index contributed by atoms with van der Waals surface area (Å²) in [6, 6.07) is 16.9. The minimum Gasteiger partial charge on any atom is -0.491 e. The third-order valence-corrected chi connectivity index (χ3v) is 5.66. The Hall–Kier alpha value is -3.91. The van der Waals surface area contributed by atoms with Gasteiger partial charge in [0.15, 0.2) is 0 Å². The number of carbonyl (C=O) groups is 1. The van der Waals surface area contributed by atoms with E-state index in [4.69, 9.17) is 21.1 Å². The molecule has 1 amide bonds. The van der Waals surface area contributed by atoms with Crippen molar-refractivity contribution >= 4 is 39.9 Å². The average molecular weight is 492 g/mol. The molecular weight excluding hydrogens is 466 g/mol. The van der Waals surface area contributed by atoms with Crippen molar-refractivity contribution in [3.05, 3.63) is 77.3 Å². The van der Waals surface area contributed by atoms with Crippen molar-refractivity contribution in [2.75, 3.05) is 25.5 Å². The lowest BCUT2D eigenvalue weighted by Gasteiger charge is -2.17. The molecule has 0 aliphatic carbocycles. The van der Waals surface area contributed by atoms with Crippen LogP contribution >= 0.6 is 11.6 Å². The van der Waals surface area contributed by atoms with Crippen molar-refractivity contribution in [3.8, 4) is 11.5 Å². The SMILES string of the molecule is CC(=O)N(C)CCOc1cccc2ncnc(Nc3ccc(OCc4cccc(C)n4)c(Cl)c3)c12. The third-order valence-electron chi connectivity index (χ3n) is 5.36. The molecule has 0 spiro atoms. The van der Waals surface area contributed by atoms with E-state index in [1.54, 1.807) is 24.1 Å². The molecule has 0 aliphatic heterocycles. The lowest BCUT2D eigenvalue weighted by molar-refractivity contribution is -0.127. The van der Waals surface area contributed by atoms with E-state index in [1.807, 2.05) is 49.4 Å². The van der Waals surface area contributed by atoms with E-state index in [1.165, 1.54) is 13.3 Å². The highest BCUT2D eigenvalue weighted by atomic mass is 35.5. The molecule has 0 bridgehead atoms. The molecule has 0 aliphatic rings. The lowest BCUT2D eigenvalue weighted by Crippen LogP contribution is -2.28. The maximum absolute atomic E-state index is 11.5. The summed E-state index contributed by atoms with van der Waals surface area (Å²) < 4.78 is 11.8. The first kappa shape index (κ1) is 24.2. The maximum atomic E-state index is 11.5. The number of hydrogen-bond acceptors (Lipinski definition) is 7. The summed E-state index contributed by atoms with van der Waals surface area (Å²) in [7, 11) is 1.74. The lowest BCUT2D eigenvalue weighted by atomic mass is 10.2. The molecule has 1 N–H and O–H groups in total. The fourth-order valence-electron chi connectivity index (χ4n) is 3.41. The van der Waals surface area contributed by atoms with Gasteiger partial charge in [-0.25, -0.2) is 9.97 Å². The molecule has 0 saturated heterocycles. The smallest absolute Gasteiger partial charge is 0.219 e. The fraction of sp³-hybridized carbons (Fsp3) is 0.231. The number of pyridine rings is 1. The number of rotatable bonds is 9. The van der Waals surface area contributed by atoms with Crippen LogP contribution in [0, 0.1) is 6.92 Å². The largest absolute Gasteiger partial charge is 0.491 e. The number of nitrogens with zero attached hydrogens (tertiary/aromatic N) is 4. The van der Waals surface area contributed by atoms with E-state index < -0.39 is 0 Å². The van der Waals surface area contributed by atoms with E-state index in [0.717, 1.165) is 28.0 Å². The van der Waals surface area contributed by atoms with Crippen LogP contribution in [-0.2, 0) is 11.4 Å². The first-order valence-corrected chi connectivity index (χ1v) is 11.5. The molecule has 8 nitrogen and oxygen atoms in total. The Labute approximate surface area is 208 Å². The van der Waals surface area contributed by atoms with Gasteiger partial charge in [0.2, 0.25) is 5.91 Å². The molecule has 2 heterocycles. The van der Waals surface area contributed by atoms with Gasteiger partial charge in [-0.15, -0.1) is 0 Å². The van der Waals surface area contributed by atoms with Gasteiger partial charge in [-0.05, 0) is 49.4 Å². The van der Waals surface area contributed by atoms with Crippen LogP contribution in [0.15, 0.2) is 60.9 Å². The molecular formula is C26H26ClN5O3. The molecule has 9 heteroatoms. The van der Waals surface area contributed by atoms with Gasteiger partial charge in [-0.3, -0.25) is 9.78 Å². The molecule has 0 radical (unpaired) electrons. The van der Waals surface area contributed by atoms with Crippen LogP contribution in [0.25, 0.3) is 10.9 Å². The van der Waals surface area contributed by atoms with Crippen LogP contribution in [-0.4, -0.2) is 46.0 Å². The Balaban J connectivity index is 1.50. The highest BCUT2D eigenvalue weighted by Crippen LogP contribution is 2.34. The summed E-state index contributed by atoms with van der Waals surface area (Å²) in [4.78, 5) is 26.3. The number of anilines is 2. The van der Waals surface area contributed by atoms with Crippen molar-refractivity contribution in [1.29, 1.82) is 0 Å². The van der Waals surface area contributed by atoms with Crippen molar-refractivity contribution < 1.29 is 14.3 Å². The minimum atomic E-state index is -0.0170. The first-order valence-electron chi connectivity index (χ1n) is 11.1. The summed E-state index contributed by atoms with van der Waals surface area (Å²) in [5.41, 5.74) is 3.24. The van der Waals surface area contributed by atoms with Crippen LogP contribution in [0.1, 0.15) is 18.3 Å². The number of carbonyl (C=O) groups excluding carboxylic acids is 1. The Kier molecular flexibility index (Phi) is 7.62. The zero-order valence-electron chi connectivity index (χ0n) is 19.8. The number of ether oxygens (including phenoxy) is 2. The summed E-state index contributed by atoms with van der Waals surface area (Å²) in [5, 5.41) is 4.51. The number of amides is 1. The highest BCUT2D eigenvalue weighted by molar-refractivity contribution is 6.32. The standard InChI is InChI=1S/C26H26ClN5O3/c1-17-6-4-7-20(30-17)15-35-23-11-10-19(14-21(23)27)31-26-25-22(28-16-29-26)8-5-9-24(25)34-13-12-32(3)18(2)33/h4-11,14,16H,12-13,15H2,1-3H3,(H,28,29,31). The highest BCUT2D eigenvalue weighted by Gasteiger charge is 2.12. The molecule has 2 aromatic carbocycles. The Morgan fingerprint density at radius 3 is 2.66 bits per heavy atom. The van der Waals surface area contributed by atoms with Gasteiger partial charge < -0.3 is 19.7 Å². The molecule has 35 heavy (non-hydrogen) atoms. The molecule has 180 valence electrons. The molecule has 0 atom stereocenters. The molecule has 4 aromatic rings. The normalized spacial score (nSPS) is 10.7. The molecule has 2 aromatic heterocycles. The number of aryl methyl sites for hydroxylation is 1. The minimum absolute atomic E-state index is 0.0170. The van der Waals surface area contributed by atoms with E-state index in [9.17, 15) is 4.79 Å². The molecule has 0 unspecified atom stereocenters. The van der Waals surface area contributed by atoms with Crippen LogP contribution in [0.5, 0.6) is 11.5 Å². The third kappa shape index (κ3) is 6.16. The number of likely N-dealkylation sites (N-methyl/N-ethyl adjacent to an activating group) is 1. The summed E-state index contributed by atoms with van der Waals surface area (Å²) in [5.74, 6) is 1.75. The second-order valence-corrected chi connectivity index (χ2v) is 8.40. The number of nitrogens with one attached hydrogen (secondary N) is 1. The van der Waals surface area contributed by atoms with Gasteiger partial charge in [0, 0.05) is 25.4 Å². The van der Waals surface area contributed by atoms with Crippen molar-refractivity contribution in [2.24, 2.45) is 0 Å². The molecule has 0 saturated carbocycles. The van der Waals surface area contributed by atoms with E-state index in [0.29, 0.717) is 42.1 Å².